The second-order valence-electron chi connectivity index (χ2n) is 5.73. The summed E-state index contributed by atoms with van der Waals surface area (Å²) in [6.07, 6.45) is 1.33. The molecule has 1 unspecified atom stereocenters. The molecule has 98 valence electrons. The number of rotatable bonds is 2. The Labute approximate surface area is 107 Å². The van der Waals surface area contributed by atoms with Gasteiger partial charge in [0, 0.05) is 5.54 Å². The molecule has 1 saturated heterocycles. The van der Waals surface area contributed by atoms with Gasteiger partial charge in [-0.3, -0.25) is 9.69 Å². The molecule has 0 amide bonds. The van der Waals surface area contributed by atoms with Crippen molar-refractivity contribution in [1.82, 2.24) is 4.90 Å². The Hall–Kier alpha value is -0.610. The number of likely N-dealkylation sites (tertiary alicyclic amines) is 1. The standard InChI is InChI=1S/C12H20ClNO3/c1-11(2)7-6-8(12(3,4)14(11)5)17-10(16)9(13)15/h8H,6-7H2,1-5H3. The Balaban J connectivity index is 2.83. The van der Waals surface area contributed by atoms with Crippen molar-refractivity contribution >= 4 is 22.8 Å². The Morgan fingerprint density at radius 3 is 2.29 bits per heavy atom. The third-order valence-electron chi connectivity index (χ3n) is 3.99. The van der Waals surface area contributed by atoms with E-state index in [1.807, 2.05) is 20.9 Å². The Morgan fingerprint density at radius 1 is 1.29 bits per heavy atom. The first-order valence-corrected chi connectivity index (χ1v) is 6.11. The number of hydrogen-bond donors (Lipinski definition) is 0. The van der Waals surface area contributed by atoms with Gasteiger partial charge in [-0.1, -0.05) is 0 Å². The number of likely N-dealkylation sites (N-methyl/N-ethyl adjacent to an activating group) is 1. The van der Waals surface area contributed by atoms with Crippen LogP contribution in [0.1, 0.15) is 40.5 Å². The predicted molar refractivity (Wildman–Crippen MR) is 65.9 cm³/mol. The van der Waals surface area contributed by atoms with Crippen LogP contribution in [0.4, 0.5) is 0 Å². The number of hydrogen-bond acceptors (Lipinski definition) is 4. The van der Waals surface area contributed by atoms with Crippen molar-refractivity contribution in [3.8, 4) is 0 Å². The van der Waals surface area contributed by atoms with Crippen molar-refractivity contribution in [3.63, 3.8) is 0 Å². The number of ether oxygens (including phenoxy) is 1. The van der Waals surface area contributed by atoms with Crippen LogP contribution in [-0.2, 0) is 14.3 Å². The monoisotopic (exact) mass is 261 g/mol. The molecule has 0 saturated carbocycles. The van der Waals surface area contributed by atoms with E-state index in [9.17, 15) is 9.59 Å². The van der Waals surface area contributed by atoms with Gasteiger partial charge >= 0.3 is 11.2 Å². The summed E-state index contributed by atoms with van der Waals surface area (Å²) in [5, 5.41) is -1.06. The summed E-state index contributed by atoms with van der Waals surface area (Å²) in [5.74, 6) is -0.960. The second kappa shape index (κ2) is 4.58. The maximum Gasteiger partial charge on any atom is 0.391 e. The molecule has 1 rings (SSSR count). The number of nitrogens with zero attached hydrogens (tertiary/aromatic N) is 1. The molecule has 1 atom stereocenters. The van der Waals surface area contributed by atoms with Crippen LogP contribution in [0, 0.1) is 0 Å². The summed E-state index contributed by atoms with van der Waals surface area (Å²) in [6.45, 7) is 8.31. The SMILES string of the molecule is CN1C(C)(C)CCC(OC(=O)C(=O)Cl)C1(C)C. The average molecular weight is 262 g/mol. The maximum absolute atomic E-state index is 11.2. The van der Waals surface area contributed by atoms with Gasteiger partial charge in [-0.25, -0.2) is 4.79 Å². The maximum atomic E-state index is 11.2. The molecular weight excluding hydrogens is 242 g/mol. The molecular formula is C12H20ClNO3. The minimum Gasteiger partial charge on any atom is -0.454 e. The zero-order valence-corrected chi connectivity index (χ0v) is 11.8. The minimum atomic E-state index is -1.06. The Kier molecular flexibility index (Phi) is 3.89. The summed E-state index contributed by atoms with van der Waals surface area (Å²) in [6, 6.07) is 0. The third kappa shape index (κ3) is 2.80. The van der Waals surface area contributed by atoms with Gasteiger partial charge in [-0.15, -0.1) is 0 Å². The highest BCUT2D eigenvalue weighted by atomic mass is 35.5. The highest BCUT2D eigenvalue weighted by Crippen LogP contribution is 2.38. The molecule has 0 aliphatic carbocycles. The van der Waals surface area contributed by atoms with E-state index in [0.29, 0.717) is 0 Å². The van der Waals surface area contributed by atoms with Gasteiger partial charge in [-0.05, 0) is 59.2 Å². The number of carbonyl (C=O) groups is 2. The highest BCUT2D eigenvalue weighted by molar-refractivity contribution is 6.80. The van der Waals surface area contributed by atoms with Crippen LogP contribution in [0.5, 0.6) is 0 Å². The van der Waals surface area contributed by atoms with Crippen LogP contribution < -0.4 is 0 Å². The van der Waals surface area contributed by atoms with Crippen molar-refractivity contribution in [2.75, 3.05) is 7.05 Å². The van der Waals surface area contributed by atoms with E-state index in [-0.39, 0.29) is 17.2 Å². The lowest BCUT2D eigenvalue weighted by Crippen LogP contribution is -2.63. The summed E-state index contributed by atoms with van der Waals surface area (Å²) in [7, 11) is 2.00. The fourth-order valence-electron chi connectivity index (χ4n) is 2.38. The van der Waals surface area contributed by atoms with E-state index < -0.39 is 11.2 Å². The van der Waals surface area contributed by atoms with Crippen LogP contribution in [0.25, 0.3) is 0 Å². The quantitative estimate of drug-likeness (QED) is 0.433. The minimum absolute atomic E-state index is 0.0530. The molecule has 1 fully saturated rings. The van der Waals surface area contributed by atoms with E-state index in [2.05, 4.69) is 18.7 Å². The molecule has 1 aliphatic heterocycles. The molecule has 0 spiro atoms. The fourth-order valence-corrected chi connectivity index (χ4v) is 2.42. The largest absolute Gasteiger partial charge is 0.454 e. The molecule has 1 heterocycles. The number of esters is 1. The summed E-state index contributed by atoms with van der Waals surface area (Å²) in [4.78, 5) is 24.1. The number of piperidine rings is 1. The molecule has 0 aromatic rings. The lowest BCUT2D eigenvalue weighted by atomic mass is 9.78. The van der Waals surface area contributed by atoms with Crippen molar-refractivity contribution in [2.45, 2.75) is 57.7 Å². The molecule has 0 N–H and O–H groups in total. The second-order valence-corrected chi connectivity index (χ2v) is 6.07. The third-order valence-corrected chi connectivity index (χ3v) is 4.14. The van der Waals surface area contributed by atoms with Gasteiger partial charge in [-0.2, -0.15) is 0 Å². The molecule has 4 nitrogen and oxygen atoms in total. The molecule has 5 heteroatoms. The van der Waals surface area contributed by atoms with Gasteiger partial charge in [0.2, 0.25) is 0 Å². The van der Waals surface area contributed by atoms with Crippen LogP contribution in [0.2, 0.25) is 0 Å². The smallest absolute Gasteiger partial charge is 0.391 e. The van der Waals surface area contributed by atoms with Crippen molar-refractivity contribution < 1.29 is 14.3 Å². The van der Waals surface area contributed by atoms with E-state index in [1.54, 1.807) is 0 Å². The van der Waals surface area contributed by atoms with Crippen LogP contribution in [0.3, 0.4) is 0 Å². The van der Waals surface area contributed by atoms with Crippen molar-refractivity contribution in [2.24, 2.45) is 0 Å². The molecule has 0 aromatic heterocycles. The lowest BCUT2D eigenvalue weighted by molar-refractivity contribution is -0.169. The molecule has 0 bridgehead atoms. The van der Waals surface area contributed by atoms with Crippen LogP contribution in [0.15, 0.2) is 0 Å². The fraction of sp³-hybridized carbons (Fsp3) is 0.833. The molecule has 0 aromatic carbocycles. The Morgan fingerprint density at radius 2 is 1.82 bits per heavy atom. The van der Waals surface area contributed by atoms with Crippen LogP contribution in [-0.4, -0.2) is 40.3 Å². The van der Waals surface area contributed by atoms with Gasteiger partial charge in [0.25, 0.3) is 0 Å². The average Bonchev–Trinajstić information content (AvgIpc) is 2.20. The van der Waals surface area contributed by atoms with E-state index >= 15 is 0 Å². The summed E-state index contributed by atoms with van der Waals surface area (Å²) < 4.78 is 5.17. The first-order valence-electron chi connectivity index (χ1n) is 5.73. The van der Waals surface area contributed by atoms with E-state index in [1.165, 1.54) is 0 Å². The topological polar surface area (TPSA) is 46.6 Å². The molecule has 1 aliphatic rings. The lowest BCUT2D eigenvalue weighted by Gasteiger charge is -2.54. The van der Waals surface area contributed by atoms with Crippen molar-refractivity contribution in [1.29, 1.82) is 0 Å². The zero-order valence-electron chi connectivity index (χ0n) is 11.0. The Bertz CT molecular complexity index is 339. The summed E-state index contributed by atoms with van der Waals surface area (Å²) in [5.41, 5.74) is -0.263. The van der Waals surface area contributed by atoms with Crippen molar-refractivity contribution in [3.05, 3.63) is 0 Å². The number of carbonyl (C=O) groups excluding carboxylic acids is 2. The predicted octanol–water partition coefficient (Wildman–Crippen LogP) is 1.95. The molecule has 17 heavy (non-hydrogen) atoms. The summed E-state index contributed by atoms with van der Waals surface area (Å²) >= 11 is 5.11. The van der Waals surface area contributed by atoms with Gasteiger partial charge in [0.15, 0.2) is 0 Å². The number of halogens is 1. The highest BCUT2D eigenvalue weighted by Gasteiger charge is 2.47. The van der Waals surface area contributed by atoms with Gasteiger partial charge in [0.05, 0.1) is 5.54 Å². The zero-order chi connectivity index (χ0) is 13.4. The van der Waals surface area contributed by atoms with Gasteiger partial charge < -0.3 is 4.74 Å². The molecule has 0 radical (unpaired) electrons. The first-order chi connectivity index (χ1) is 7.59. The van der Waals surface area contributed by atoms with E-state index in [4.69, 9.17) is 16.3 Å². The first kappa shape index (κ1) is 14.5. The van der Waals surface area contributed by atoms with Crippen LogP contribution >= 0.6 is 11.6 Å². The van der Waals surface area contributed by atoms with E-state index in [0.717, 1.165) is 12.8 Å². The normalized spacial score (nSPS) is 27.5. The van der Waals surface area contributed by atoms with Gasteiger partial charge in [0.1, 0.15) is 6.10 Å².